The first-order chi connectivity index (χ1) is 13.9. The van der Waals surface area contributed by atoms with Gasteiger partial charge in [0.1, 0.15) is 11.4 Å². The predicted molar refractivity (Wildman–Crippen MR) is 104 cm³/mol. The standard InChI is InChI=1S/C21H21FN4O3/c1-21(19(28)24-20(29)25-21)15-7-5-13(6-8-15)18(27)26-10-9-23-12-17(26)14-3-2-4-16(22)11-14/h2-8,11,17,23H,9-10,12H2,1H3,(H2,24,25,28,29). The predicted octanol–water partition coefficient (Wildman–Crippen LogP) is 1.67. The Hall–Kier alpha value is -3.26. The van der Waals surface area contributed by atoms with Crippen LogP contribution in [0.15, 0.2) is 48.5 Å². The molecule has 0 saturated carbocycles. The SMILES string of the molecule is CC1(c2ccc(C(=O)N3CCNCC3c3cccc(F)c3)cc2)NC(=O)NC1=O. The third-order valence-electron chi connectivity index (χ3n) is 5.49. The van der Waals surface area contributed by atoms with Gasteiger partial charge in [-0.1, -0.05) is 24.3 Å². The van der Waals surface area contributed by atoms with Crippen LogP contribution in [0.1, 0.15) is 34.5 Å². The quantitative estimate of drug-likeness (QED) is 0.689. The van der Waals surface area contributed by atoms with Crippen LogP contribution in [0.5, 0.6) is 0 Å². The second-order valence-corrected chi connectivity index (χ2v) is 7.38. The fourth-order valence-electron chi connectivity index (χ4n) is 3.82. The number of rotatable bonds is 3. The van der Waals surface area contributed by atoms with E-state index in [9.17, 15) is 18.8 Å². The molecule has 4 amide bonds. The summed E-state index contributed by atoms with van der Waals surface area (Å²) in [6, 6.07) is 12.1. The number of carbonyl (C=O) groups is 3. The minimum absolute atomic E-state index is 0.169. The summed E-state index contributed by atoms with van der Waals surface area (Å²) >= 11 is 0. The highest BCUT2D eigenvalue weighted by Gasteiger charge is 2.43. The molecule has 0 radical (unpaired) electrons. The first-order valence-electron chi connectivity index (χ1n) is 9.40. The fourth-order valence-corrected chi connectivity index (χ4v) is 3.82. The Morgan fingerprint density at radius 2 is 1.93 bits per heavy atom. The number of halogens is 1. The molecule has 2 fully saturated rings. The number of amides is 4. The van der Waals surface area contributed by atoms with Crippen LogP contribution in [0.3, 0.4) is 0 Å². The lowest BCUT2D eigenvalue weighted by Gasteiger charge is -2.36. The molecule has 2 atom stereocenters. The van der Waals surface area contributed by atoms with Crippen LogP contribution in [-0.2, 0) is 10.3 Å². The van der Waals surface area contributed by atoms with Gasteiger partial charge in [-0.25, -0.2) is 9.18 Å². The van der Waals surface area contributed by atoms with Crippen molar-refractivity contribution in [1.82, 2.24) is 20.9 Å². The molecule has 7 nitrogen and oxygen atoms in total. The molecule has 29 heavy (non-hydrogen) atoms. The lowest BCUT2D eigenvalue weighted by Crippen LogP contribution is -2.48. The lowest BCUT2D eigenvalue weighted by atomic mass is 9.91. The van der Waals surface area contributed by atoms with Gasteiger partial charge in [-0.2, -0.15) is 0 Å². The van der Waals surface area contributed by atoms with Gasteiger partial charge >= 0.3 is 6.03 Å². The van der Waals surface area contributed by atoms with Crippen molar-refractivity contribution in [3.05, 3.63) is 71.0 Å². The lowest BCUT2D eigenvalue weighted by molar-refractivity contribution is -0.123. The van der Waals surface area contributed by atoms with Crippen LogP contribution in [0.4, 0.5) is 9.18 Å². The fraction of sp³-hybridized carbons (Fsp3) is 0.286. The largest absolute Gasteiger partial charge is 0.329 e. The molecule has 0 bridgehead atoms. The molecule has 4 rings (SSSR count). The minimum Gasteiger partial charge on any atom is -0.329 e. The molecule has 0 aliphatic carbocycles. The summed E-state index contributed by atoms with van der Waals surface area (Å²) in [6.45, 7) is 3.30. The molecule has 8 heteroatoms. The molecule has 150 valence electrons. The van der Waals surface area contributed by atoms with E-state index in [4.69, 9.17) is 0 Å². The average molecular weight is 396 g/mol. The molecule has 0 spiro atoms. The van der Waals surface area contributed by atoms with Crippen molar-refractivity contribution in [2.45, 2.75) is 18.5 Å². The van der Waals surface area contributed by atoms with Crippen molar-refractivity contribution in [2.24, 2.45) is 0 Å². The maximum absolute atomic E-state index is 13.7. The molecule has 2 aliphatic heterocycles. The number of benzene rings is 2. The number of hydrogen-bond acceptors (Lipinski definition) is 4. The van der Waals surface area contributed by atoms with E-state index in [1.54, 1.807) is 42.2 Å². The van der Waals surface area contributed by atoms with Crippen molar-refractivity contribution < 1.29 is 18.8 Å². The van der Waals surface area contributed by atoms with Crippen LogP contribution in [-0.4, -0.2) is 42.4 Å². The molecular weight excluding hydrogens is 375 g/mol. The number of urea groups is 1. The maximum Gasteiger partial charge on any atom is 0.322 e. The number of hydrogen-bond donors (Lipinski definition) is 3. The van der Waals surface area contributed by atoms with Gasteiger partial charge in [-0.3, -0.25) is 14.9 Å². The van der Waals surface area contributed by atoms with Gasteiger partial charge in [0.15, 0.2) is 0 Å². The van der Waals surface area contributed by atoms with Gasteiger partial charge in [0.2, 0.25) is 0 Å². The van der Waals surface area contributed by atoms with Crippen molar-refractivity contribution in [3.8, 4) is 0 Å². The Kier molecular flexibility index (Phi) is 4.79. The van der Waals surface area contributed by atoms with E-state index in [1.807, 2.05) is 6.07 Å². The number of imide groups is 1. The molecule has 0 aromatic heterocycles. The molecule has 2 unspecified atom stereocenters. The van der Waals surface area contributed by atoms with Crippen LogP contribution in [0, 0.1) is 5.82 Å². The highest BCUT2D eigenvalue weighted by molar-refractivity contribution is 6.07. The molecule has 2 aromatic rings. The summed E-state index contributed by atoms with van der Waals surface area (Å²) in [5.74, 6) is -0.942. The molecular formula is C21H21FN4O3. The average Bonchev–Trinajstić information content (AvgIpc) is 3.00. The Balaban J connectivity index is 1.58. The zero-order valence-electron chi connectivity index (χ0n) is 15.9. The Morgan fingerprint density at radius 1 is 1.17 bits per heavy atom. The second kappa shape index (κ2) is 7.29. The summed E-state index contributed by atoms with van der Waals surface area (Å²) in [5, 5.41) is 8.07. The number of nitrogens with one attached hydrogen (secondary N) is 3. The van der Waals surface area contributed by atoms with Crippen LogP contribution in [0.25, 0.3) is 0 Å². The van der Waals surface area contributed by atoms with Gasteiger partial charge < -0.3 is 15.5 Å². The summed E-state index contributed by atoms with van der Waals surface area (Å²) in [5.41, 5.74) is 0.613. The van der Waals surface area contributed by atoms with Gasteiger partial charge in [0.05, 0.1) is 6.04 Å². The van der Waals surface area contributed by atoms with E-state index in [0.29, 0.717) is 30.8 Å². The van der Waals surface area contributed by atoms with E-state index in [2.05, 4.69) is 16.0 Å². The van der Waals surface area contributed by atoms with Gasteiger partial charge in [0.25, 0.3) is 11.8 Å². The van der Waals surface area contributed by atoms with Gasteiger partial charge in [-0.15, -0.1) is 0 Å². The monoisotopic (exact) mass is 396 g/mol. The van der Waals surface area contributed by atoms with E-state index in [0.717, 1.165) is 5.56 Å². The summed E-state index contributed by atoms with van der Waals surface area (Å²) in [6.07, 6.45) is 0. The van der Waals surface area contributed by atoms with Crippen molar-refractivity contribution in [1.29, 1.82) is 0 Å². The molecule has 3 N–H and O–H groups in total. The molecule has 2 aromatic carbocycles. The highest BCUT2D eigenvalue weighted by Crippen LogP contribution is 2.27. The van der Waals surface area contributed by atoms with Gasteiger partial charge in [0, 0.05) is 25.2 Å². The normalized spacial score (nSPS) is 24.2. The molecule has 2 saturated heterocycles. The Morgan fingerprint density at radius 3 is 2.59 bits per heavy atom. The molecule has 2 heterocycles. The smallest absolute Gasteiger partial charge is 0.322 e. The number of piperazine rings is 1. The van der Waals surface area contributed by atoms with E-state index < -0.39 is 17.5 Å². The second-order valence-electron chi connectivity index (χ2n) is 7.38. The van der Waals surface area contributed by atoms with E-state index in [1.165, 1.54) is 12.1 Å². The third-order valence-corrected chi connectivity index (χ3v) is 5.49. The topological polar surface area (TPSA) is 90.5 Å². The van der Waals surface area contributed by atoms with Gasteiger partial charge in [-0.05, 0) is 42.3 Å². The third kappa shape index (κ3) is 3.47. The number of nitrogens with zero attached hydrogens (tertiary/aromatic N) is 1. The summed E-state index contributed by atoms with van der Waals surface area (Å²) in [4.78, 5) is 38.5. The Bertz CT molecular complexity index is 978. The van der Waals surface area contributed by atoms with E-state index in [-0.39, 0.29) is 17.8 Å². The van der Waals surface area contributed by atoms with Crippen LogP contribution in [0.2, 0.25) is 0 Å². The first kappa shape index (κ1) is 19.1. The molecule has 2 aliphatic rings. The van der Waals surface area contributed by atoms with E-state index >= 15 is 0 Å². The van der Waals surface area contributed by atoms with Crippen molar-refractivity contribution in [3.63, 3.8) is 0 Å². The first-order valence-corrected chi connectivity index (χ1v) is 9.40. The minimum atomic E-state index is -1.17. The highest BCUT2D eigenvalue weighted by atomic mass is 19.1. The zero-order chi connectivity index (χ0) is 20.6. The van der Waals surface area contributed by atoms with Crippen molar-refractivity contribution >= 4 is 17.8 Å². The van der Waals surface area contributed by atoms with Crippen LogP contribution >= 0.6 is 0 Å². The zero-order valence-corrected chi connectivity index (χ0v) is 15.9. The number of carbonyl (C=O) groups excluding carboxylic acids is 3. The summed E-state index contributed by atoms with van der Waals surface area (Å²) < 4.78 is 13.7. The van der Waals surface area contributed by atoms with Crippen molar-refractivity contribution in [2.75, 3.05) is 19.6 Å². The Labute approximate surface area is 167 Å². The van der Waals surface area contributed by atoms with Crippen LogP contribution < -0.4 is 16.0 Å². The maximum atomic E-state index is 13.7. The summed E-state index contributed by atoms with van der Waals surface area (Å²) in [7, 11) is 0.